The van der Waals surface area contributed by atoms with Crippen LogP contribution in [0.1, 0.15) is 22.6 Å². The fraction of sp³-hybridized carbons (Fsp3) is 0.0435. The van der Waals surface area contributed by atoms with Crippen LogP contribution in [0.5, 0.6) is 11.5 Å². The minimum absolute atomic E-state index is 0.0313. The van der Waals surface area contributed by atoms with Gasteiger partial charge in [-0.3, -0.25) is 0 Å². The number of hydrogen-bond acceptors (Lipinski definition) is 8. The van der Waals surface area contributed by atoms with Gasteiger partial charge in [0.1, 0.15) is 11.0 Å². The van der Waals surface area contributed by atoms with E-state index in [9.17, 15) is 19.8 Å². The molecule has 0 saturated carbocycles. The van der Waals surface area contributed by atoms with Crippen LogP contribution in [-0.2, 0) is 0 Å². The van der Waals surface area contributed by atoms with Gasteiger partial charge in [0.2, 0.25) is 0 Å². The zero-order valence-corrected chi connectivity index (χ0v) is 16.9. The van der Waals surface area contributed by atoms with Crippen LogP contribution < -0.4 is 11.3 Å². The number of aromatic hydroxyl groups is 2. The van der Waals surface area contributed by atoms with Gasteiger partial charge in [-0.1, -0.05) is 23.7 Å². The van der Waals surface area contributed by atoms with E-state index >= 15 is 0 Å². The average Bonchev–Trinajstić information content (AvgIpc) is 2.78. The van der Waals surface area contributed by atoms with Gasteiger partial charge < -0.3 is 19.0 Å². The molecule has 0 fully saturated rings. The van der Waals surface area contributed by atoms with Gasteiger partial charge in [0.15, 0.2) is 22.7 Å². The van der Waals surface area contributed by atoms with Crippen molar-refractivity contribution in [1.29, 1.82) is 0 Å². The van der Waals surface area contributed by atoms with E-state index in [0.717, 1.165) is 0 Å². The third-order valence-electron chi connectivity index (χ3n) is 5.13. The standard InChI is InChI=1S/C23H13ClN2O6/c24-12-7-5-11(6-8-12)15(16-20(27)18-13(31-22(16)29)3-1-9-25-18)17-21(28)19-14(32-23(17)30)4-2-10-26-19/h1-10,15,27-28H. The summed E-state index contributed by atoms with van der Waals surface area (Å²) in [5.41, 5.74) is -1.77. The highest BCUT2D eigenvalue weighted by atomic mass is 35.5. The monoisotopic (exact) mass is 448 g/mol. The van der Waals surface area contributed by atoms with Crippen LogP contribution in [-0.4, -0.2) is 20.2 Å². The van der Waals surface area contributed by atoms with E-state index in [1.165, 1.54) is 24.5 Å². The van der Waals surface area contributed by atoms with Gasteiger partial charge in [0, 0.05) is 17.4 Å². The minimum Gasteiger partial charge on any atom is -0.505 e. The van der Waals surface area contributed by atoms with E-state index in [4.69, 9.17) is 20.4 Å². The van der Waals surface area contributed by atoms with Crippen LogP contribution >= 0.6 is 11.6 Å². The predicted octanol–water partition coefficient (Wildman–Crippen LogP) is 3.93. The Bertz CT molecular complexity index is 1510. The molecule has 0 radical (unpaired) electrons. The van der Waals surface area contributed by atoms with Gasteiger partial charge >= 0.3 is 11.3 Å². The van der Waals surface area contributed by atoms with Crippen LogP contribution in [0.4, 0.5) is 0 Å². The highest BCUT2D eigenvalue weighted by Crippen LogP contribution is 2.41. The molecule has 5 aromatic rings. The molecule has 1 aromatic carbocycles. The van der Waals surface area contributed by atoms with E-state index in [2.05, 4.69) is 9.97 Å². The minimum atomic E-state index is -1.25. The van der Waals surface area contributed by atoms with Crippen LogP contribution in [0.2, 0.25) is 5.02 Å². The van der Waals surface area contributed by atoms with Crippen LogP contribution in [0.3, 0.4) is 0 Å². The maximum Gasteiger partial charge on any atom is 0.344 e. The Morgan fingerprint density at radius 1 is 0.750 bits per heavy atom. The number of pyridine rings is 2. The fourth-order valence-electron chi connectivity index (χ4n) is 3.70. The lowest BCUT2D eigenvalue weighted by Crippen LogP contribution is -2.21. The molecular formula is C23H13ClN2O6. The maximum atomic E-state index is 13.0. The number of rotatable bonds is 3. The summed E-state index contributed by atoms with van der Waals surface area (Å²) in [5.74, 6) is -2.20. The number of nitrogens with zero attached hydrogens (tertiary/aromatic N) is 2. The smallest absolute Gasteiger partial charge is 0.344 e. The van der Waals surface area contributed by atoms with E-state index in [1.54, 1.807) is 36.4 Å². The number of hydrogen-bond donors (Lipinski definition) is 2. The lowest BCUT2D eigenvalue weighted by atomic mass is 9.85. The molecule has 0 atom stereocenters. The molecule has 0 amide bonds. The first kappa shape index (κ1) is 19.8. The molecule has 0 aliphatic carbocycles. The van der Waals surface area contributed by atoms with Crippen molar-refractivity contribution in [3.63, 3.8) is 0 Å². The number of aromatic nitrogens is 2. The lowest BCUT2D eigenvalue weighted by Gasteiger charge is -2.19. The second-order valence-electron chi connectivity index (χ2n) is 6.99. The van der Waals surface area contributed by atoms with Crippen molar-refractivity contribution in [2.45, 2.75) is 5.92 Å². The first-order valence-corrected chi connectivity index (χ1v) is 9.80. The molecule has 0 saturated heterocycles. The normalized spacial score (nSPS) is 11.4. The quantitative estimate of drug-likeness (QED) is 0.425. The maximum absolute atomic E-state index is 13.0. The van der Waals surface area contributed by atoms with E-state index in [1.807, 2.05) is 0 Å². The predicted molar refractivity (Wildman–Crippen MR) is 116 cm³/mol. The number of halogens is 1. The summed E-state index contributed by atoms with van der Waals surface area (Å²) < 4.78 is 10.7. The number of fused-ring (bicyclic) bond motifs is 2. The third-order valence-corrected chi connectivity index (χ3v) is 5.38. The molecule has 32 heavy (non-hydrogen) atoms. The van der Waals surface area contributed by atoms with Crippen molar-refractivity contribution >= 4 is 33.8 Å². The Labute approximate surface area is 184 Å². The van der Waals surface area contributed by atoms with Crippen molar-refractivity contribution in [3.8, 4) is 11.5 Å². The molecule has 2 N–H and O–H groups in total. The van der Waals surface area contributed by atoms with Crippen molar-refractivity contribution < 1.29 is 19.0 Å². The molecule has 5 rings (SSSR count). The van der Waals surface area contributed by atoms with Crippen molar-refractivity contribution in [2.24, 2.45) is 0 Å². The SMILES string of the molecule is O=c1oc2cccnc2c(O)c1C(c1ccc(Cl)cc1)c1c(O)c2ncccc2oc1=O. The molecule has 0 spiro atoms. The van der Waals surface area contributed by atoms with Gasteiger partial charge in [-0.2, -0.15) is 0 Å². The fourth-order valence-corrected chi connectivity index (χ4v) is 3.83. The Morgan fingerprint density at radius 3 is 1.69 bits per heavy atom. The zero-order chi connectivity index (χ0) is 22.4. The highest BCUT2D eigenvalue weighted by Gasteiger charge is 2.33. The van der Waals surface area contributed by atoms with Crippen molar-refractivity contribution in [3.05, 3.63) is 103 Å². The van der Waals surface area contributed by atoms with Crippen LogP contribution in [0.15, 0.2) is 79.3 Å². The largest absolute Gasteiger partial charge is 0.505 e. The summed E-state index contributed by atoms with van der Waals surface area (Å²) in [5, 5.41) is 22.4. The average molecular weight is 449 g/mol. The molecule has 0 unspecified atom stereocenters. The van der Waals surface area contributed by atoms with Crippen molar-refractivity contribution in [1.82, 2.24) is 9.97 Å². The Kier molecular flexibility index (Phi) is 4.64. The molecule has 9 heteroatoms. The molecule has 4 heterocycles. The molecule has 8 nitrogen and oxygen atoms in total. The molecule has 4 aromatic heterocycles. The van der Waals surface area contributed by atoms with Gasteiger partial charge in [0.25, 0.3) is 0 Å². The zero-order valence-electron chi connectivity index (χ0n) is 16.2. The molecule has 0 aliphatic heterocycles. The van der Waals surface area contributed by atoms with Gasteiger partial charge in [0.05, 0.1) is 17.0 Å². The summed E-state index contributed by atoms with van der Waals surface area (Å²) in [6.45, 7) is 0. The lowest BCUT2D eigenvalue weighted by molar-refractivity contribution is 0.439. The second kappa shape index (κ2) is 7.51. The molecule has 158 valence electrons. The highest BCUT2D eigenvalue weighted by molar-refractivity contribution is 6.30. The van der Waals surface area contributed by atoms with E-state index < -0.39 is 28.7 Å². The second-order valence-corrected chi connectivity index (χ2v) is 7.42. The van der Waals surface area contributed by atoms with E-state index in [0.29, 0.717) is 10.6 Å². The summed E-state index contributed by atoms with van der Waals surface area (Å²) in [4.78, 5) is 34.1. The van der Waals surface area contributed by atoms with Gasteiger partial charge in [-0.15, -0.1) is 0 Å². The molecular weight excluding hydrogens is 436 g/mol. The Balaban J connectivity index is 1.91. The first-order valence-electron chi connectivity index (χ1n) is 9.42. The first-order chi connectivity index (χ1) is 15.5. The summed E-state index contributed by atoms with van der Waals surface area (Å²) in [7, 11) is 0. The summed E-state index contributed by atoms with van der Waals surface area (Å²) in [6.07, 6.45) is 2.85. The number of benzene rings is 1. The molecule has 0 aliphatic rings. The summed E-state index contributed by atoms with van der Waals surface area (Å²) >= 11 is 6.01. The summed E-state index contributed by atoms with van der Waals surface area (Å²) in [6, 6.07) is 12.3. The third kappa shape index (κ3) is 3.09. The Morgan fingerprint density at radius 2 is 1.22 bits per heavy atom. The molecule has 0 bridgehead atoms. The van der Waals surface area contributed by atoms with Crippen LogP contribution in [0, 0.1) is 0 Å². The van der Waals surface area contributed by atoms with Crippen LogP contribution in [0.25, 0.3) is 22.2 Å². The van der Waals surface area contributed by atoms with Crippen molar-refractivity contribution in [2.75, 3.05) is 0 Å². The van der Waals surface area contributed by atoms with E-state index in [-0.39, 0.29) is 33.3 Å². The Hall–Kier alpha value is -4.17. The van der Waals surface area contributed by atoms with Gasteiger partial charge in [-0.05, 0) is 42.0 Å². The topological polar surface area (TPSA) is 127 Å². The van der Waals surface area contributed by atoms with Gasteiger partial charge in [-0.25, -0.2) is 19.6 Å².